The van der Waals surface area contributed by atoms with Crippen LogP contribution in [0.5, 0.6) is 11.5 Å². The van der Waals surface area contributed by atoms with Gasteiger partial charge in [0, 0.05) is 0 Å². The first-order valence-corrected chi connectivity index (χ1v) is 8.38. The number of rotatable bonds is 5. The van der Waals surface area contributed by atoms with Crippen molar-refractivity contribution in [2.45, 2.75) is 17.2 Å². The van der Waals surface area contributed by atoms with Crippen molar-refractivity contribution < 1.29 is 17.9 Å². The maximum Gasteiger partial charge on any atom is 0.357 e. The SMILES string of the molecule is [C-]#[N+][C@@H](c1c(OC)cccc1OC)S(=O)(=O)c1ccc(C)cc1. The number of nitrogens with zero attached hydrogens (tertiary/aromatic N) is 1. The van der Waals surface area contributed by atoms with Crippen LogP contribution in [0, 0.1) is 13.5 Å². The summed E-state index contributed by atoms with van der Waals surface area (Å²) < 4.78 is 36.2. The van der Waals surface area contributed by atoms with E-state index in [2.05, 4.69) is 4.85 Å². The minimum absolute atomic E-state index is 0.0945. The van der Waals surface area contributed by atoms with Crippen LogP contribution < -0.4 is 9.47 Å². The summed E-state index contributed by atoms with van der Waals surface area (Å²) in [5, 5.41) is -1.43. The van der Waals surface area contributed by atoms with E-state index in [0.717, 1.165) is 5.56 Å². The van der Waals surface area contributed by atoms with Gasteiger partial charge in [-0.1, -0.05) is 23.8 Å². The summed E-state index contributed by atoms with van der Waals surface area (Å²) in [6.07, 6.45) is 0. The van der Waals surface area contributed by atoms with Gasteiger partial charge in [0.05, 0.1) is 19.1 Å². The number of sulfone groups is 1. The Kier molecular flexibility index (Phi) is 4.92. The molecule has 0 spiro atoms. The zero-order valence-electron chi connectivity index (χ0n) is 13.1. The van der Waals surface area contributed by atoms with Crippen LogP contribution in [-0.4, -0.2) is 22.6 Å². The molecule has 5 nitrogen and oxygen atoms in total. The number of hydrogen-bond acceptors (Lipinski definition) is 4. The topological polar surface area (TPSA) is 57.0 Å². The highest BCUT2D eigenvalue weighted by Gasteiger charge is 2.39. The van der Waals surface area contributed by atoms with Crippen molar-refractivity contribution in [1.29, 1.82) is 0 Å². The second kappa shape index (κ2) is 6.71. The van der Waals surface area contributed by atoms with Crippen molar-refractivity contribution in [3.8, 4) is 11.5 Å². The Morgan fingerprint density at radius 2 is 1.52 bits per heavy atom. The van der Waals surface area contributed by atoms with Crippen LogP contribution in [0.25, 0.3) is 4.85 Å². The van der Waals surface area contributed by atoms with E-state index in [9.17, 15) is 8.42 Å². The first kappa shape index (κ1) is 16.8. The Morgan fingerprint density at radius 3 is 1.96 bits per heavy atom. The van der Waals surface area contributed by atoms with E-state index in [1.54, 1.807) is 30.3 Å². The summed E-state index contributed by atoms with van der Waals surface area (Å²) in [7, 11) is -1.04. The number of aryl methyl sites for hydroxylation is 1. The molecule has 0 aliphatic rings. The van der Waals surface area contributed by atoms with Crippen molar-refractivity contribution in [2.24, 2.45) is 0 Å². The van der Waals surface area contributed by atoms with Crippen LogP contribution >= 0.6 is 0 Å². The molecule has 1 atom stereocenters. The Balaban J connectivity index is 2.65. The third-order valence-corrected chi connectivity index (χ3v) is 5.33. The molecule has 0 saturated carbocycles. The average molecular weight is 331 g/mol. The van der Waals surface area contributed by atoms with Crippen LogP contribution in [0.15, 0.2) is 47.4 Å². The molecule has 0 fully saturated rings. The lowest BCUT2D eigenvalue weighted by Crippen LogP contribution is -2.13. The van der Waals surface area contributed by atoms with Gasteiger partial charge < -0.3 is 9.47 Å². The van der Waals surface area contributed by atoms with Crippen LogP contribution in [0.3, 0.4) is 0 Å². The van der Waals surface area contributed by atoms with Gasteiger partial charge in [-0.15, -0.1) is 0 Å². The zero-order chi connectivity index (χ0) is 17.0. The fraction of sp³-hybridized carbons (Fsp3) is 0.235. The molecule has 0 unspecified atom stereocenters. The van der Waals surface area contributed by atoms with Gasteiger partial charge in [-0.2, -0.15) is 0 Å². The summed E-state index contributed by atoms with van der Waals surface area (Å²) in [4.78, 5) is 3.44. The van der Waals surface area contributed by atoms with E-state index < -0.39 is 15.2 Å². The van der Waals surface area contributed by atoms with Crippen LogP contribution in [0.4, 0.5) is 0 Å². The molecular weight excluding hydrogens is 314 g/mol. The minimum Gasteiger partial charge on any atom is -0.496 e. The predicted octanol–water partition coefficient (Wildman–Crippen LogP) is 3.40. The monoisotopic (exact) mass is 331 g/mol. The average Bonchev–Trinajstić information content (AvgIpc) is 2.55. The largest absolute Gasteiger partial charge is 0.496 e. The molecule has 0 bridgehead atoms. The van der Waals surface area contributed by atoms with E-state index in [-0.39, 0.29) is 10.5 Å². The highest BCUT2D eigenvalue weighted by molar-refractivity contribution is 7.91. The van der Waals surface area contributed by atoms with Gasteiger partial charge in [0.1, 0.15) is 17.1 Å². The maximum atomic E-state index is 12.9. The maximum absolute atomic E-state index is 12.9. The lowest BCUT2D eigenvalue weighted by Gasteiger charge is -2.15. The van der Waals surface area contributed by atoms with Gasteiger partial charge in [0.15, 0.2) is 0 Å². The molecule has 0 aliphatic carbocycles. The normalized spacial score (nSPS) is 12.3. The predicted molar refractivity (Wildman–Crippen MR) is 87.3 cm³/mol. The van der Waals surface area contributed by atoms with Crippen molar-refractivity contribution in [3.05, 3.63) is 65.0 Å². The third-order valence-electron chi connectivity index (χ3n) is 3.47. The quantitative estimate of drug-likeness (QED) is 0.788. The Morgan fingerprint density at radius 1 is 1.00 bits per heavy atom. The van der Waals surface area contributed by atoms with Gasteiger partial charge in [0.2, 0.25) is 0 Å². The molecule has 6 heteroatoms. The molecule has 23 heavy (non-hydrogen) atoms. The molecule has 2 rings (SSSR count). The van der Waals surface area contributed by atoms with E-state index in [1.165, 1.54) is 26.4 Å². The smallest absolute Gasteiger partial charge is 0.357 e. The molecule has 0 amide bonds. The molecule has 0 aromatic heterocycles. The molecule has 2 aromatic rings. The van der Waals surface area contributed by atoms with Crippen LogP contribution in [0.1, 0.15) is 16.5 Å². The zero-order valence-corrected chi connectivity index (χ0v) is 13.9. The van der Waals surface area contributed by atoms with E-state index >= 15 is 0 Å². The fourth-order valence-corrected chi connectivity index (χ4v) is 3.72. The molecule has 0 aliphatic heterocycles. The highest BCUT2D eigenvalue weighted by atomic mass is 32.2. The summed E-state index contributed by atoms with van der Waals surface area (Å²) >= 11 is 0. The van der Waals surface area contributed by atoms with Crippen molar-refractivity contribution in [3.63, 3.8) is 0 Å². The highest BCUT2D eigenvalue weighted by Crippen LogP contribution is 2.41. The first-order chi connectivity index (χ1) is 11.0. The number of ether oxygens (including phenoxy) is 2. The summed E-state index contributed by atoms with van der Waals surface area (Å²) in [6.45, 7) is 9.29. The summed E-state index contributed by atoms with van der Waals surface area (Å²) in [5.41, 5.74) is 1.16. The molecule has 0 heterocycles. The van der Waals surface area contributed by atoms with Crippen molar-refractivity contribution >= 4 is 9.84 Å². The van der Waals surface area contributed by atoms with Gasteiger partial charge >= 0.3 is 5.37 Å². The molecule has 0 saturated heterocycles. The number of methoxy groups -OCH3 is 2. The van der Waals surface area contributed by atoms with E-state index in [4.69, 9.17) is 16.0 Å². The van der Waals surface area contributed by atoms with Crippen LogP contribution in [0.2, 0.25) is 0 Å². The molecule has 0 radical (unpaired) electrons. The lowest BCUT2D eigenvalue weighted by atomic mass is 10.1. The minimum atomic E-state index is -3.90. The standard InChI is InChI=1S/C17H17NO4S/c1-12-8-10-13(11-9-12)23(19,20)17(18-2)16-14(21-3)6-5-7-15(16)22-4/h5-11,17H,1,3-4H3/t17-/m1/s1. The molecule has 120 valence electrons. The number of hydrogen-bond donors (Lipinski definition) is 0. The Bertz CT molecular complexity index is 814. The Labute approximate surface area is 136 Å². The van der Waals surface area contributed by atoms with Crippen molar-refractivity contribution in [2.75, 3.05) is 14.2 Å². The molecule has 2 aromatic carbocycles. The summed E-state index contributed by atoms with van der Waals surface area (Å²) in [6, 6.07) is 11.3. The molecule has 0 N–H and O–H groups in total. The second-order valence-corrected chi connectivity index (χ2v) is 6.92. The molecular formula is C17H17NO4S. The lowest BCUT2D eigenvalue weighted by molar-refractivity contribution is 0.386. The summed E-state index contributed by atoms with van der Waals surface area (Å²) in [5.74, 6) is 0.613. The Hall–Kier alpha value is -2.52. The van der Waals surface area contributed by atoms with Gasteiger partial charge in [-0.25, -0.2) is 15.0 Å². The van der Waals surface area contributed by atoms with E-state index in [0.29, 0.717) is 11.5 Å². The first-order valence-electron chi connectivity index (χ1n) is 6.83. The van der Waals surface area contributed by atoms with Crippen LogP contribution in [-0.2, 0) is 9.84 Å². The van der Waals surface area contributed by atoms with E-state index in [1.807, 2.05) is 6.92 Å². The number of benzene rings is 2. The van der Waals surface area contributed by atoms with Gasteiger partial charge in [-0.3, -0.25) is 4.85 Å². The third kappa shape index (κ3) is 3.15. The second-order valence-electron chi connectivity index (χ2n) is 4.92. The van der Waals surface area contributed by atoms with Crippen molar-refractivity contribution in [1.82, 2.24) is 0 Å². The fourth-order valence-electron chi connectivity index (χ4n) is 2.27. The van der Waals surface area contributed by atoms with Gasteiger partial charge in [0.25, 0.3) is 9.84 Å². The van der Waals surface area contributed by atoms with Gasteiger partial charge in [-0.05, 0) is 31.2 Å².